The number of amides is 1. The lowest BCUT2D eigenvalue weighted by atomic mass is 10.1. The molecule has 2 aliphatic heterocycles. The van der Waals surface area contributed by atoms with Crippen molar-refractivity contribution in [2.75, 3.05) is 23.3 Å². The number of nitrogens with one attached hydrogen (secondary N) is 1. The van der Waals surface area contributed by atoms with Gasteiger partial charge in [-0.05, 0) is 25.3 Å². The maximum atomic E-state index is 12.8. The molecule has 1 aliphatic carbocycles. The zero-order valence-electron chi connectivity index (χ0n) is 15.7. The van der Waals surface area contributed by atoms with Gasteiger partial charge in [0.2, 0.25) is 11.9 Å². The molecular weight excluding hydrogens is 356 g/mol. The summed E-state index contributed by atoms with van der Waals surface area (Å²) < 4.78 is 1.72. The molecule has 0 radical (unpaired) electrons. The molecule has 0 aromatic carbocycles. The van der Waals surface area contributed by atoms with Gasteiger partial charge in [-0.25, -0.2) is 4.98 Å². The van der Waals surface area contributed by atoms with Gasteiger partial charge in [-0.3, -0.25) is 9.48 Å². The summed E-state index contributed by atoms with van der Waals surface area (Å²) in [6.07, 6.45) is 8.11. The summed E-state index contributed by atoms with van der Waals surface area (Å²) in [5.74, 6) is 1.43. The van der Waals surface area contributed by atoms with Gasteiger partial charge < -0.3 is 15.1 Å². The molecule has 1 N–H and O–H groups in total. The van der Waals surface area contributed by atoms with Crippen molar-refractivity contribution < 1.29 is 4.79 Å². The van der Waals surface area contributed by atoms with Gasteiger partial charge in [0.15, 0.2) is 0 Å². The lowest BCUT2D eigenvalue weighted by Gasteiger charge is -2.41. The fourth-order valence-electron chi connectivity index (χ4n) is 4.45. The van der Waals surface area contributed by atoms with E-state index in [1.54, 1.807) is 17.1 Å². The van der Waals surface area contributed by atoms with E-state index in [0.29, 0.717) is 5.95 Å². The standard InChI is InChI=1S/C19H22N8O/c1-25-9-13(8-22-25)23-19-21-5-4-17(24-19)26-10-14-2-3-15(11-26)27(14)18(28)16-6-12(16)7-20/h4-5,8-9,12,14-16H,2-3,6,10-11H2,1H3,(H,21,23,24)/t12-,14-,15?,16?/m1/s1. The van der Waals surface area contributed by atoms with E-state index in [9.17, 15) is 4.79 Å². The molecule has 144 valence electrons. The second-order valence-corrected chi connectivity index (χ2v) is 7.88. The van der Waals surface area contributed by atoms with Crippen molar-refractivity contribution in [3.05, 3.63) is 24.7 Å². The molecule has 3 aliphatic rings. The van der Waals surface area contributed by atoms with Gasteiger partial charge in [0.25, 0.3) is 0 Å². The number of hydrogen-bond donors (Lipinski definition) is 1. The molecule has 1 amide bonds. The van der Waals surface area contributed by atoms with Crippen molar-refractivity contribution in [3.63, 3.8) is 0 Å². The number of nitriles is 1. The average Bonchev–Trinajstić information content (AvgIpc) is 3.32. The molecule has 3 fully saturated rings. The van der Waals surface area contributed by atoms with Crippen LogP contribution in [0.25, 0.3) is 0 Å². The molecular formula is C19H22N8O. The van der Waals surface area contributed by atoms with Crippen LogP contribution in [0.1, 0.15) is 19.3 Å². The Morgan fingerprint density at radius 2 is 2.11 bits per heavy atom. The largest absolute Gasteiger partial charge is 0.352 e. The summed E-state index contributed by atoms with van der Waals surface area (Å²) in [4.78, 5) is 26.1. The fourth-order valence-corrected chi connectivity index (χ4v) is 4.45. The van der Waals surface area contributed by atoms with Gasteiger partial charge in [0.1, 0.15) is 5.82 Å². The molecule has 5 rings (SSSR count). The second kappa shape index (κ2) is 6.48. The summed E-state index contributed by atoms with van der Waals surface area (Å²) in [5, 5.41) is 16.4. The Balaban J connectivity index is 1.29. The number of anilines is 3. The summed E-state index contributed by atoms with van der Waals surface area (Å²) in [6.45, 7) is 1.55. The third-order valence-electron chi connectivity index (χ3n) is 5.94. The van der Waals surface area contributed by atoms with Crippen LogP contribution in [0.2, 0.25) is 0 Å². The lowest BCUT2D eigenvalue weighted by Crippen LogP contribution is -2.56. The Labute approximate surface area is 163 Å². The number of carbonyl (C=O) groups excluding carboxylic acids is 1. The Bertz CT molecular complexity index is 935. The van der Waals surface area contributed by atoms with Gasteiger partial charge >= 0.3 is 0 Å². The number of aromatic nitrogens is 4. The van der Waals surface area contributed by atoms with Crippen molar-refractivity contribution >= 4 is 23.4 Å². The molecule has 2 bridgehead atoms. The van der Waals surface area contributed by atoms with Crippen molar-refractivity contribution in [1.82, 2.24) is 24.6 Å². The molecule has 9 heteroatoms. The zero-order valence-corrected chi connectivity index (χ0v) is 15.7. The summed E-state index contributed by atoms with van der Waals surface area (Å²) in [6, 6.07) is 4.56. The highest BCUT2D eigenvalue weighted by Crippen LogP contribution is 2.43. The van der Waals surface area contributed by atoms with Gasteiger partial charge in [-0.2, -0.15) is 15.3 Å². The van der Waals surface area contributed by atoms with Crippen LogP contribution < -0.4 is 10.2 Å². The predicted octanol–water partition coefficient (Wildman–Crippen LogP) is 1.29. The van der Waals surface area contributed by atoms with E-state index in [-0.39, 0.29) is 29.8 Å². The number of fused-ring (bicyclic) bond motifs is 2. The molecule has 1 saturated carbocycles. The Kier molecular flexibility index (Phi) is 3.93. The molecule has 2 aromatic rings. The minimum Gasteiger partial charge on any atom is -0.352 e. The summed E-state index contributed by atoms with van der Waals surface area (Å²) in [5.41, 5.74) is 0.839. The van der Waals surface area contributed by atoms with Crippen LogP contribution in [-0.2, 0) is 11.8 Å². The van der Waals surface area contributed by atoms with Crippen LogP contribution in [0.15, 0.2) is 24.7 Å². The van der Waals surface area contributed by atoms with Crippen LogP contribution in [0.5, 0.6) is 0 Å². The molecule has 2 saturated heterocycles. The Hall–Kier alpha value is -3.15. The third kappa shape index (κ3) is 2.95. The SMILES string of the molecule is Cn1cc(Nc2nccc(N3CC4CC[C@H](C3)N4C(=O)C3C[C@@H]3C#N)n2)cn1. The van der Waals surface area contributed by atoms with E-state index in [0.717, 1.165) is 43.9 Å². The van der Waals surface area contributed by atoms with E-state index in [1.807, 2.05) is 19.3 Å². The Morgan fingerprint density at radius 3 is 2.75 bits per heavy atom. The van der Waals surface area contributed by atoms with E-state index in [1.165, 1.54) is 0 Å². The lowest BCUT2D eigenvalue weighted by molar-refractivity contribution is -0.136. The molecule has 2 unspecified atom stereocenters. The fraction of sp³-hybridized carbons (Fsp3) is 0.526. The van der Waals surface area contributed by atoms with E-state index in [2.05, 4.69) is 36.3 Å². The third-order valence-corrected chi connectivity index (χ3v) is 5.94. The first-order chi connectivity index (χ1) is 13.6. The normalized spacial score (nSPS) is 28.1. The van der Waals surface area contributed by atoms with Gasteiger partial charge in [-0.1, -0.05) is 0 Å². The van der Waals surface area contributed by atoms with Gasteiger partial charge in [0, 0.05) is 44.6 Å². The number of carbonyl (C=O) groups is 1. The minimum absolute atomic E-state index is 0.0750. The number of piperazine rings is 1. The zero-order chi connectivity index (χ0) is 19.3. The minimum atomic E-state index is -0.0760. The predicted molar refractivity (Wildman–Crippen MR) is 102 cm³/mol. The van der Waals surface area contributed by atoms with Crippen LogP contribution in [0, 0.1) is 23.2 Å². The highest BCUT2D eigenvalue weighted by Gasteiger charge is 2.51. The van der Waals surface area contributed by atoms with Crippen LogP contribution >= 0.6 is 0 Å². The molecule has 28 heavy (non-hydrogen) atoms. The molecule has 0 spiro atoms. The Morgan fingerprint density at radius 1 is 1.32 bits per heavy atom. The first-order valence-electron chi connectivity index (χ1n) is 9.68. The van der Waals surface area contributed by atoms with Crippen molar-refractivity contribution in [1.29, 1.82) is 5.26 Å². The topological polar surface area (TPSA) is 103 Å². The van der Waals surface area contributed by atoms with Crippen molar-refractivity contribution in [3.8, 4) is 6.07 Å². The maximum absolute atomic E-state index is 12.8. The smallest absolute Gasteiger partial charge is 0.229 e. The highest BCUT2D eigenvalue weighted by molar-refractivity contribution is 5.83. The number of rotatable bonds is 4. The average molecular weight is 378 g/mol. The number of aryl methyl sites for hydroxylation is 1. The first kappa shape index (κ1) is 17.0. The molecule has 4 heterocycles. The maximum Gasteiger partial charge on any atom is 0.229 e. The molecule has 2 aromatic heterocycles. The quantitative estimate of drug-likeness (QED) is 0.855. The second-order valence-electron chi connectivity index (χ2n) is 7.88. The van der Waals surface area contributed by atoms with E-state index >= 15 is 0 Å². The van der Waals surface area contributed by atoms with Crippen LogP contribution in [0.3, 0.4) is 0 Å². The molecule has 4 atom stereocenters. The van der Waals surface area contributed by atoms with E-state index < -0.39 is 0 Å². The summed E-state index contributed by atoms with van der Waals surface area (Å²) in [7, 11) is 1.86. The first-order valence-corrected chi connectivity index (χ1v) is 9.68. The van der Waals surface area contributed by atoms with Crippen LogP contribution in [0.4, 0.5) is 17.5 Å². The van der Waals surface area contributed by atoms with Crippen LogP contribution in [-0.4, -0.2) is 55.7 Å². The van der Waals surface area contributed by atoms with Gasteiger partial charge in [0.05, 0.1) is 29.8 Å². The number of hydrogen-bond acceptors (Lipinski definition) is 7. The van der Waals surface area contributed by atoms with Gasteiger partial charge in [-0.15, -0.1) is 0 Å². The summed E-state index contributed by atoms with van der Waals surface area (Å²) >= 11 is 0. The number of nitrogens with zero attached hydrogens (tertiary/aromatic N) is 7. The molecule has 9 nitrogen and oxygen atoms in total. The van der Waals surface area contributed by atoms with E-state index in [4.69, 9.17) is 5.26 Å². The highest BCUT2D eigenvalue weighted by atomic mass is 16.2. The van der Waals surface area contributed by atoms with Crippen molar-refractivity contribution in [2.24, 2.45) is 18.9 Å². The monoisotopic (exact) mass is 378 g/mol. The van der Waals surface area contributed by atoms with Crippen molar-refractivity contribution in [2.45, 2.75) is 31.3 Å².